The monoisotopic (exact) mass is 336 g/mol. The number of carbonyl (C=O) groups excluding carboxylic acids is 1. The number of fused-ring (bicyclic) bond motifs is 1. The third kappa shape index (κ3) is 2.83. The minimum atomic E-state index is -0.243. The largest absolute Gasteiger partial charge is 0.397 e. The number of carbonyl (C=O) groups is 1. The number of benzene rings is 2. The highest BCUT2D eigenvalue weighted by atomic mass is 35.5. The number of hydrogen-bond acceptors (Lipinski definition) is 3. The highest BCUT2D eigenvalue weighted by Gasteiger charge is 2.16. The number of nitrogens with two attached hydrogens (primary N) is 1. The Hall–Kier alpha value is -1.75. The molecule has 3 N–H and O–H groups in total. The van der Waals surface area contributed by atoms with Gasteiger partial charge in [0.25, 0.3) is 5.91 Å². The number of thiophene rings is 1. The summed E-state index contributed by atoms with van der Waals surface area (Å²) in [5, 5.41) is 4.81. The molecule has 0 aliphatic heterocycles. The van der Waals surface area contributed by atoms with Gasteiger partial charge in [-0.1, -0.05) is 23.2 Å². The van der Waals surface area contributed by atoms with E-state index in [1.807, 2.05) is 6.07 Å². The Balaban J connectivity index is 1.94. The quantitative estimate of drug-likeness (QED) is 0.688. The fraction of sp³-hybridized carbons (Fsp3) is 0. The molecule has 1 aromatic heterocycles. The van der Waals surface area contributed by atoms with E-state index in [0.717, 1.165) is 10.1 Å². The van der Waals surface area contributed by atoms with Crippen LogP contribution in [-0.2, 0) is 0 Å². The van der Waals surface area contributed by atoms with Crippen LogP contribution in [-0.4, -0.2) is 5.91 Å². The van der Waals surface area contributed by atoms with Crippen molar-refractivity contribution in [2.45, 2.75) is 0 Å². The van der Waals surface area contributed by atoms with Gasteiger partial charge in [-0.15, -0.1) is 11.3 Å². The van der Waals surface area contributed by atoms with Crippen LogP contribution in [0.25, 0.3) is 10.1 Å². The highest BCUT2D eigenvalue weighted by Crippen LogP contribution is 2.35. The van der Waals surface area contributed by atoms with Crippen LogP contribution < -0.4 is 11.1 Å². The smallest absolute Gasteiger partial charge is 0.267 e. The van der Waals surface area contributed by atoms with Crippen LogP contribution in [0.3, 0.4) is 0 Å². The third-order valence-electron chi connectivity index (χ3n) is 3.00. The molecule has 3 nitrogen and oxygen atoms in total. The van der Waals surface area contributed by atoms with Crippen molar-refractivity contribution in [1.29, 1.82) is 0 Å². The number of rotatable bonds is 2. The summed E-state index contributed by atoms with van der Waals surface area (Å²) < 4.78 is 0.929. The Morgan fingerprint density at radius 3 is 2.43 bits per heavy atom. The maximum absolute atomic E-state index is 12.3. The van der Waals surface area contributed by atoms with Gasteiger partial charge >= 0.3 is 0 Å². The molecule has 21 heavy (non-hydrogen) atoms. The van der Waals surface area contributed by atoms with Gasteiger partial charge in [0.1, 0.15) is 4.88 Å². The Labute approximate surface area is 135 Å². The van der Waals surface area contributed by atoms with E-state index in [1.165, 1.54) is 11.3 Å². The van der Waals surface area contributed by atoms with Gasteiger partial charge in [-0.2, -0.15) is 0 Å². The summed E-state index contributed by atoms with van der Waals surface area (Å²) in [6.07, 6.45) is 0. The van der Waals surface area contributed by atoms with Gasteiger partial charge in [0.2, 0.25) is 0 Å². The van der Waals surface area contributed by atoms with Crippen molar-refractivity contribution in [1.82, 2.24) is 0 Å². The van der Waals surface area contributed by atoms with E-state index in [0.29, 0.717) is 26.3 Å². The normalized spacial score (nSPS) is 10.8. The summed E-state index contributed by atoms with van der Waals surface area (Å²) in [4.78, 5) is 12.8. The number of anilines is 2. The molecule has 1 heterocycles. The SMILES string of the molecule is Nc1c(C(=O)Nc2ccc(Cl)cc2)sc2ccc(Cl)cc12. The standard InChI is InChI=1S/C15H10Cl2N2OS/c16-8-1-4-10(5-2-8)19-15(20)14-13(18)11-7-9(17)3-6-12(11)21-14/h1-7H,18H2,(H,19,20). The van der Waals surface area contributed by atoms with Crippen LogP contribution in [0.1, 0.15) is 9.67 Å². The van der Waals surface area contributed by atoms with Crippen molar-refractivity contribution in [3.8, 4) is 0 Å². The van der Waals surface area contributed by atoms with Crippen molar-refractivity contribution < 1.29 is 4.79 Å². The summed E-state index contributed by atoms with van der Waals surface area (Å²) in [5.41, 5.74) is 7.17. The molecule has 3 rings (SSSR count). The van der Waals surface area contributed by atoms with Crippen LogP contribution in [0, 0.1) is 0 Å². The van der Waals surface area contributed by atoms with E-state index in [-0.39, 0.29) is 5.91 Å². The van der Waals surface area contributed by atoms with Gasteiger partial charge in [0.05, 0.1) is 5.69 Å². The lowest BCUT2D eigenvalue weighted by Crippen LogP contribution is -2.11. The molecule has 106 valence electrons. The predicted octanol–water partition coefficient (Wildman–Crippen LogP) is 5.04. The number of hydrogen-bond donors (Lipinski definition) is 2. The fourth-order valence-corrected chi connectivity index (χ4v) is 3.28. The van der Waals surface area contributed by atoms with Gasteiger partial charge in [-0.25, -0.2) is 0 Å². The highest BCUT2D eigenvalue weighted by molar-refractivity contribution is 7.21. The lowest BCUT2D eigenvalue weighted by atomic mass is 10.2. The first kappa shape index (κ1) is 14.2. The molecule has 0 fully saturated rings. The summed E-state index contributed by atoms with van der Waals surface area (Å²) in [7, 11) is 0. The maximum Gasteiger partial charge on any atom is 0.267 e. The predicted molar refractivity (Wildman–Crippen MR) is 90.7 cm³/mol. The van der Waals surface area contributed by atoms with Crippen molar-refractivity contribution in [3.05, 3.63) is 57.4 Å². The minimum Gasteiger partial charge on any atom is -0.397 e. The molecule has 6 heteroatoms. The first-order chi connectivity index (χ1) is 10.0. The molecule has 0 spiro atoms. The number of halogens is 2. The van der Waals surface area contributed by atoms with Crippen molar-refractivity contribution >= 4 is 61.9 Å². The van der Waals surface area contributed by atoms with Crippen molar-refractivity contribution in [2.75, 3.05) is 11.1 Å². The molecule has 2 aromatic carbocycles. The molecule has 0 unspecified atom stereocenters. The van der Waals surface area contributed by atoms with Gasteiger partial charge in [0, 0.05) is 25.8 Å². The maximum atomic E-state index is 12.3. The summed E-state index contributed by atoms with van der Waals surface area (Å²) >= 11 is 13.1. The third-order valence-corrected chi connectivity index (χ3v) is 4.67. The molecular formula is C15H10Cl2N2OS. The molecule has 0 radical (unpaired) electrons. The van der Waals surface area contributed by atoms with Crippen LogP contribution in [0.5, 0.6) is 0 Å². The summed E-state index contributed by atoms with van der Waals surface area (Å²) in [6, 6.07) is 12.3. The average molecular weight is 337 g/mol. The number of nitrogens with one attached hydrogen (secondary N) is 1. The van der Waals surface area contributed by atoms with Crippen molar-refractivity contribution in [2.24, 2.45) is 0 Å². The molecule has 3 aromatic rings. The molecule has 0 atom stereocenters. The van der Waals surface area contributed by atoms with Gasteiger partial charge in [-0.05, 0) is 42.5 Å². The number of amides is 1. The zero-order chi connectivity index (χ0) is 15.0. The average Bonchev–Trinajstić information content (AvgIpc) is 2.79. The van der Waals surface area contributed by atoms with Crippen molar-refractivity contribution in [3.63, 3.8) is 0 Å². The Morgan fingerprint density at radius 1 is 1.05 bits per heavy atom. The number of nitrogen functional groups attached to an aromatic ring is 1. The second-order valence-electron chi connectivity index (χ2n) is 4.45. The molecule has 0 aliphatic rings. The van der Waals surface area contributed by atoms with Crippen LogP contribution in [0.15, 0.2) is 42.5 Å². The van der Waals surface area contributed by atoms with Gasteiger partial charge in [-0.3, -0.25) is 4.79 Å². The van der Waals surface area contributed by atoms with Crippen LogP contribution in [0.4, 0.5) is 11.4 Å². The molecular weight excluding hydrogens is 327 g/mol. The Kier molecular flexibility index (Phi) is 3.76. The summed E-state index contributed by atoms with van der Waals surface area (Å²) in [6.45, 7) is 0. The first-order valence-electron chi connectivity index (χ1n) is 6.09. The Bertz CT molecular complexity index is 828. The molecule has 0 saturated heterocycles. The fourth-order valence-electron chi connectivity index (χ4n) is 1.98. The van der Waals surface area contributed by atoms with Gasteiger partial charge in [0.15, 0.2) is 0 Å². The zero-order valence-electron chi connectivity index (χ0n) is 10.7. The second kappa shape index (κ2) is 5.56. The van der Waals surface area contributed by atoms with E-state index < -0.39 is 0 Å². The van der Waals surface area contributed by atoms with Crippen LogP contribution in [0.2, 0.25) is 10.0 Å². The van der Waals surface area contributed by atoms with E-state index >= 15 is 0 Å². The topological polar surface area (TPSA) is 55.1 Å². The molecule has 1 amide bonds. The lowest BCUT2D eigenvalue weighted by Gasteiger charge is -2.04. The molecule has 0 bridgehead atoms. The zero-order valence-corrected chi connectivity index (χ0v) is 13.0. The van der Waals surface area contributed by atoms with Crippen LogP contribution >= 0.6 is 34.5 Å². The Morgan fingerprint density at radius 2 is 1.71 bits per heavy atom. The van der Waals surface area contributed by atoms with E-state index in [2.05, 4.69) is 5.32 Å². The van der Waals surface area contributed by atoms with E-state index in [1.54, 1.807) is 36.4 Å². The molecule has 0 aliphatic carbocycles. The van der Waals surface area contributed by atoms with E-state index in [9.17, 15) is 4.79 Å². The lowest BCUT2D eigenvalue weighted by molar-refractivity contribution is 0.103. The second-order valence-corrected chi connectivity index (χ2v) is 6.37. The minimum absolute atomic E-state index is 0.243. The summed E-state index contributed by atoms with van der Waals surface area (Å²) in [5.74, 6) is -0.243. The van der Waals surface area contributed by atoms with Gasteiger partial charge < -0.3 is 11.1 Å². The van der Waals surface area contributed by atoms with E-state index in [4.69, 9.17) is 28.9 Å². The first-order valence-corrected chi connectivity index (χ1v) is 7.66. The molecule has 0 saturated carbocycles.